The molecule has 0 spiro atoms. The monoisotopic (exact) mass is 476 g/mol. The van der Waals surface area contributed by atoms with E-state index in [0.29, 0.717) is 32.7 Å². The number of halogens is 3. The average Bonchev–Trinajstić information content (AvgIpc) is 2.75. The van der Waals surface area contributed by atoms with E-state index in [1.165, 1.54) is 6.21 Å². The molecule has 31 heavy (non-hydrogen) atoms. The summed E-state index contributed by atoms with van der Waals surface area (Å²) in [6, 6.07) is 17.9. The van der Waals surface area contributed by atoms with Crippen LogP contribution in [0.25, 0.3) is 0 Å². The van der Waals surface area contributed by atoms with E-state index in [-0.39, 0.29) is 11.6 Å². The number of ether oxygens (including phenoxy) is 2. The zero-order chi connectivity index (χ0) is 22.2. The van der Waals surface area contributed by atoms with Crippen LogP contribution in [0, 0.1) is 0 Å². The Balaban J connectivity index is 1.52. The largest absolute Gasteiger partial charge is 0.482 e. The van der Waals surface area contributed by atoms with Gasteiger partial charge in [-0.1, -0.05) is 53.0 Å². The molecule has 0 atom stereocenters. The van der Waals surface area contributed by atoms with E-state index in [1.54, 1.807) is 66.7 Å². The van der Waals surface area contributed by atoms with Crippen LogP contribution in [0.1, 0.15) is 15.9 Å². The van der Waals surface area contributed by atoms with Crippen molar-refractivity contribution in [2.45, 2.75) is 0 Å². The number of nitrogens with zero attached hydrogens (tertiary/aromatic N) is 1. The van der Waals surface area contributed by atoms with Gasteiger partial charge < -0.3 is 9.47 Å². The highest BCUT2D eigenvalue weighted by atomic mass is 35.5. The van der Waals surface area contributed by atoms with Gasteiger partial charge in [0, 0.05) is 5.02 Å². The third-order valence-electron chi connectivity index (χ3n) is 3.83. The summed E-state index contributed by atoms with van der Waals surface area (Å²) in [4.78, 5) is 24.1. The smallest absolute Gasteiger partial charge is 0.343 e. The lowest BCUT2D eigenvalue weighted by Crippen LogP contribution is -2.24. The van der Waals surface area contributed by atoms with E-state index in [9.17, 15) is 9.59 Å². The van der Waals surface area contributed by atoms with Gasteiger partial charge in [-0.2, -0.15) is 5.10 Å². The first-order valence-corrected chi connectivity index (χ1v) is 10.0. The number of nitrogens with one attached hydrogen (secondary N) is 1. The molecule has 1 amide bonds. The zero-order valence-electron chi connectivity index (χ0n) is 15.8. The molecule has 0 radical (unpaired) electrons. The van der Waals surface area contributed by atoms with Crippen LogP contribution in [0.15, 0.2) is 71.8 Å². The first-order valence-electron chi connectivity index (χ1n) is 8.89. The van der Waals surface area contributed by atoms with Crippen molar-refractivity contribution in [3.8, 4) is 11.5 Å². The van der Waals surface area contributed by atoms with Gasteiger partial charge in [0.25, 0.3) is 5.91 Å². The van der Waals surface area contributed by atoms with E-state index >= 15 is 0 Å². The Morgan fingerprint density at radius 3 is 2.48 bits per heavy atom. The first-order chi connectivity index (χ1) is 14.9. The molecule has 158 valence electrons. The van der Waals surface area contributed by atoms with Crippen molar-refractivity contribution < 1.29 is 19.1 Å². The van der Waals surface area contributed by atoms with Crippen molar-refractivity contribution in [1.29, 1.82) is 0 Å². The van der Waals surface area contributed by atoms with E-state index in [2.05, 4.69) is 10.5 Å². The predicted molar refractivity (Wildman–Crippen MR) is 121 cm³/mol. The Hall–Kier alpha value is -3.06. The van der Waals surface area contributed by atoms with Crippen molar-refractivity contribution in [3.63, 3.8) is 0 Å². The van der Waals surface area contributed by atoms with E-state index in [0.717, 1.165) is 0 Å². The third kappa shape index (κ3) is 6.72. The molecule has 0 aliphatic heterocycles. The normalized spacial score (nSPS) is 10.7. The molecular weight excluding hydrogens is 463 g/mol. The summed E-state index contributed by atoms with van der Waals surface area (Å²) in [6.07, 6.45) is 1.41. The number of hydrogen-bond donors (Lipinski definition) is 1. The highest BCUT2D eigenvalue weighted by Gasteiger charge is 2.09. The molecule has 9 heteroatoms. The van der Waals surface area contributed by atoms with Gasteiger partial charge in [-0.3, -0.25) is 4.79 Å². The summed E-state index contributed by atoms with van der Waals surface area (Å²) < 4.78 is 10.7. The van der Waals surface area contributed by atoms with Crippen LogP contribution in [0.3, 0.4) is 0 Å². The lowest BCUT2D eigenvalue weighted by Gasteiger charge is -2.07. The fourth-order valence-electron chi connectivity index (χ4n) is 2.36. The van der Waals surface area contributed by atoms with Gasteiger partial charge >= 0.3 is 5.97 Å². The fourth-order valence-corrected chi connectivity index (χ4v) is 2.83. The Bertz CT molecular complexity index is 1120. The van der Waals surface area contributed by atoms with Gasteiger partial charge in [-0.25, -0.2) is 10.2 Å². The lowest BCUT2D eigenvalue weighted by molar-refractivity contribution is -0.123. The maximum atomic E-state index is 12.2. The summed E-state index contributed by atoms with van der Waals surface area (Å²) in [5, 5.41) is 4.94. The minimum absolute atomic E-state index is 0.227. The van der Waals surface area contributed by atoms with Crippen molar-refractivity contribution in [1.82, 2.24) is 5.43 Å². The molecule has 0 aliphatic carbocycles. The SMILES string of the molecule is O=C(COc1cccc(Cl)c1Cl)N/N=C\c1cccc(OC(=O)c2ccc(Cl)cc2)c1. The van der Waals surface area contributed by atoms with Gasteiger partial charge in [0.05, 0.1) is 16.8 Å². The molecular formula is C22H15Cl3N2O4. The van der Waals surface area contributed by atoms with Crippen LogP contribution >= 0.6 is 34.8 Å². The second kappa shape index (κ2) is 10.8. The lowest BCUT2D eigenvalue weighted by atomic mass is 10.2. The molecule has 0 bridgehead atoms. The summed E-state index contributed by atoms with van der Waals surface area (Å²) in [7, 11) is 0. The topological polar surface area (TPSA) is 77.0 Å². The Morgan fingerprint density at radius 2 is 1.71 bits per heavy atom. The van der Waals surface area contributed by atoms with E-state index < -0.39 is 11.9 Å². The molecule has 0 aromatic heterocycles. The van der Waals surface area contributed by atoms with Crippen molar-refractivity contribution in [2.75, 3.05) is 6.61 Å². The Kier molecular flexibility index (Phi) is 7.89. The van der Waals surface area contributed by atoms with Crippen molar-refractivity contribution in [3.05, 3.63) is 92.9 Å². The second-order valence-electron chi connectivity index (χ2n) is 6.10. The molecule has 1 N–H and O–H groups in total. The highest BCUT2D eigenvalue weighted by Crippen LogP contribution is 2.31. The van der Waals surface area contributed by atoms with Crippen LogP contribution in [-0.2, 0) is 4.79 Å². The van der Waals surface area contributed by atoms with Gasteiger partial charge in [-0.15, -0.1) is 0 Å². The molecule has 0 fully saturated rings. The average molecular weight is 478 g/mol. The maximum Gasteiger partial charge on any atom is 0.343 e. The minimum atomic E-state index is -0.518. The number of hydrogen-bond acceptors (Lipinski definition) is 5. The van der Waals surface area contributed by atoms with Crippen molar-refractivity contribution in [2.24, 2.45) is 5.10 Å². The molecule has 0 unspecified atom stereocenters. The molecule has 6 nitrogen and oxygen atoms in total. The number of hydrazone groups is 1. The third-order valence-corrected chi connectivity index (χ3v) is 4.88. The van der Waals surface area contributed by atoms with Crippen molar-refractivity contribution >= 4 is 52.9 Å². The number of benzene rings is 3. The van der Waals surface area contributed by atoms with Gasteiger partial charge in [-0.05, 0) is 54.1 Å². The molecule has 0 saturated carbocycles. The van der Waals surface area contributed by atoms with Gasteiger partial charge in [0.2, 0.25) is 0 Å². The summed E-state index contributed by atoms with van der Waals surface area (Å²) in [6.45, 7) is -0.295. The number of carbonyl (C=O) groups is 2. The molecule has 3 rings (SSSR count). The second-order valence-corrected chi connectivity index (χ2v) is 7.32. The number of esters is 1. The predicted octanol–water partition coefficient (Wildman–Crippen LogP) is 5.40. The molecule has 0 heterocycles. The van der Waals surface area contributed by atoms with E-state index in [4.69, 9.17) is 44.3 Å². The maximum absolute atomic E-state index is 12.2. The first kappa shape index (κ1) is 22.6. The molecule has 3 aromatic rings. The van der Waals surface area contributed by atoms with Crippen LogP contribution in [-0.4, -0.2) is 24.7 Å². The Labute approximate surface area is 193 Å². The highest BCUT2D eigenvalue weighted by molar-refractivity contribution is 6.42. The standard InChI is InChI=1S/C22H15Cl3N2O4/c23-16-9-7-15(8-10-16)22(29)31-17-4-1-3-14(11-17)12-26-27-20(28)13-30-19-6-2-5-18(24)21(19)25/h1-12H,13H2,(H,27,28)/b26-12-. The minimum Gasteiger partial charge on any atom is -0.482 e. The number of carbonyl (C=O) groups excluding carboxylic acids is 2. The number of rotatable bonds is 7. The van der Waals surface area contributed by atoms with Crippen LogP contribution < -0.4 is 14.9 Å². The quantitative estimate of drug-likeness (QED) is 0.214. The molecule has 3 aromatic carbocycles. The van der Waals surface area contributed by atoms with E-state index in [1.807, 2.05) is 0 Å². The van der Waals surface area contributed by atoms with Crippen LogP contribution in [0.5, 0.6) is 11.5 Å². The zero-order valence-corrected chi connectivity index (χ0v) is 18.1. The summed E-state index contributed by atoms with van der Waals surface area (Å²) in [5.74, 6) is -0.383. The Morgan fingerprint density at radius 1 is 0.968 bits per heavy atom. The van der Waals surface area contributed by atoms with Crippen LogP contribution in [0.4, 0.5) is 0 Å². The molecule has 0 aliphatic rings. The fraction of sp³-hybridized carbons (Fsp3) is 0.0455. The number of amides is 1. The summed E-state index contributed by atoms with van der Waals surface area (Å²) >= 11 is 17.7. The van der Waals surface area contributed by atoms with Crippen LogP contribution in [0.2, 0.25) is 15.1 Å². The van der Waals surface area contributed by atoms with Gasteiger partial charge in [0.1, 0.15) is 16.5 Å². The molecule has 0 saturated heterocycles. The van der Waals surface area contributed by atoms with Gasteiger partial charge in [0.15, 0.2) is 6.61 Å². The summed E-state index contributed by atoms with van der Waals surface area (Å²) in [5.41, 5.74) is 3.32.